The minimum absolute atomic E-state index is 0.0149. The molecule has 0 saturated heterocycles. The summed E-state index contributed by atoms with van der Waals surface area (Å²) in [6, 6.07) is 7.79. The lowest BCUT2D eigenvalue weighted by Crippen LogP contribution is -2.59. The second-order valence-corrected chi connectivity index (χ2v) is 11.8. The molecule has 2 N–H and O–H groups in total. The Kier molecular flexibility index (Phi) is 6.32. The van der Waals surface area contributed by atoms with E-state index in [-0.39, 0.29) is 17.4 Å². The number of thioether (sulfide) groups is 1. The van der Waals surface area contributed by atoms with E-state index in [1.807, 2.05) is 24.3 Å². The predicted molar refractivity (Wildman–Crippen MR) is 125 cm³/mol. The Bertz CT molecular complexity index is 782. The molecule has 5 aliphatic carbocycles. The van der Waals surface area contributed by atoms with Crippen molar-refractivity contribution < 1.29 is 9.59 Å². The van der Waals surface area contributed by atoms with Gasteiger partial charge in [-0.05, 0) is 87.2 Å². The van der Waals surface area contributed by atoms with Gasteiger partial charge in [-0.15, -0.1) is 11.8 Å². The molecule has 0 aromatic heterocycles. The van der Waals surface area contributed by atoms with Crippen LogP contribution >= 0.6 is 11.8 Å². The van der Waals surface area contributed by atoms with E-state index in [9.17, 15) is 9.59 Å². The molecule has 5 saturated carbocycles. The Morgan fingerprint density at radius 2 is 1.58 bits per heavy atom. The van der Waals surface area contributed by atoms with Gasteiger partial charge in [-0.3, -0.25) is 9.59 Å². The van der Waals surface area contributed by atoms with Crippen LogP contribution in [0.4, 0.5) is 0 Å². The molecule has 0 atom stereocenters. The SMILES string of the molecule is O=C(CSc1ccccc1C(=O)NC12CC3CC(CC(C3)C1)C2)NCC1CCCCC1. The molecular formula is C26H36N2O2S. The number of hydrogen-bond donors (Lipinski definition) is 2. The molecule has 4 bridgehead atoms. The molecule has 0 aliphatic heterocycles. The van der Waals surface area contributed by atoms with E-state index in [1.54, 1.807) is 0 Å². The van der Waals surface area contributed by atoms with Crippen LogP contribution < -0.4 is 10.6 Å². The van der Waals surface area contributed by atoms with Crippen molar-refractivity contribution in [3.8, 4) is 0 Å². The number of benzene rings is 1. The summed E-state index contributed by atoms with van der Waals surface area (Å²) in [5.41, 5.74) is 0.740. The first-order valence-corrected chi connectivity index (χ1v) is 13.4. The first kappa shape index (κ1) is 21.4. The van der Waals surface area contributed by atoms with Gasteiger partial charge in [0.2, 0.25) is 5.91 Å². The molecule has 0 radical (unpaired) electrons. The molecule has 6 rings (SSSR count). The fourth-order valence-electron chi connectivity index (χ4n) is 7.20. The summed E-state index contributed by atoms with van der Waals surface area (Å²) < 4.78 is 0. The molecule has 5 fully saturated rings. The van der Waals surface area contributed by atoms with Gasteiger partial charge >= 0.3 is 0 Å². The van der Waals surface area contributed by atoms with Gasteiger partial charge in [0.25, 0.3) is 5.91 Å². The summed E-state index contributed by atoms with van der Waals surface area (Å²) in [5.74, 6) is 3.56. The summed E-state index contributed by atoms with van der Waals surface area (Å²) in [6.07, 6.45) is 14.0. The van der Waals surface area contributed by atoms with Crippen LogP contribution in [0.2, 0.25) is 0 Å². The molecule has 0 heterocycles. The molecule has 4 nitrogen and oxygen atoms in total. The fourth-order valence-corrected chi connectivity index (χ4v) is 8.08. The number of carbonyl (C=O) groups is 2. The van der Waals surface area contributed by atoms with Crippen LogP contribution in [0, 0.1) is 23.7 Å². The molecule has 0 unspecified atom stereocenters. The normalized spacial score (nSPS) is 32.1. The highest BCUT2D eigenvalue weighted by molar-refractivity contribution is 8.00. The van der Waals surface area contributed by atoms with E-state index in [4.69, 9.17) is 0 Å². The summed E-state index contributed by atoms with van der Waals surface area (Å²) in [7, 11) is 0. The van der Waals surface area contributed by atoms with Gasteiger partial charge in [-0.2, -0.15) is 0 Å². The number of rotatable bonds is 7. The topological polar surface area (TPSA) is 58.2 Å². The fraction of sp³-hybridized carbons (Fsp3) is 0.692. The maximum atomic E-state index is 13.3. The maximum absolute atomic E-state index is 13.3. The number of carbonyl (C=O) groups excluding carboxylic acids is 2. The number of amides is 2. The lowest BCUT2D eigenvalue weighted by Gasteiger charge is -2.56. The third kappa shape index (κ3) is 4.97. The number of nitrogens with one attached hydrogen (secondary N) is 2. The quantitative estimate of drug-likeness (QED) is 0.575. The van der Waals surface area contributed by atoms with Crippen molar-refractivity contribution in [2.45, 2.75) is 81.1 Å². The maximum Gasteiger partial charge on any atom is 0.252 e. The van der Waals surface area contributed by atoms with Crippen molar-refractivity contribution in [3.63, 3.8) is 0 Å². The van der Waals surface area contributed by atoms with Gasteiger partial charge in [0, 0.05) is 17.0 Å². The van der Waals surface area contributed by atoms with E-state index in [0.29, 0.717) is 11.7 Å². The van der Waals surface area contributed by atoms with Crippen LogP contribution in [-0.2, 0) is 4.79 Å². The van der Waals surface area contributed by atoms with Crippen LogP contribution in [0.1, 0.15) is 81.0 Å². The lowest BCUT2D eigenvalue weighted by atomic mass is 9.53. The third-order valence-electron chi connectivity index (χ3n) is 8.22. The van der Waals surface area contributed by atoms with Crippen molar-refractivity contribution in [1.29, 1.82) is 0 Å². The molecule has 5 heteroatoms. The van der Waals surface area contributed by atoms with Crippen LogP contribution in [0.5, 0.6) is 0 Å². The smallest absolute Gasteiger partial charge is 0.252 e. The molecule has 168 valence electrons. The highest BCUT2D eigenvalue weighted by Crippen LogP contribution is 2.55. The zero-order valence-corrected chi connectivity index (χ0v) is 19.4. The van der Waals surface area contributed by atoms with Gasteiger partial charge in [-0.1, -0.05) is 31.4 Å². The Hall–Kier alpha value is -1.49. The van der Waals surface area contributed by atoms with Gasteiger partial charge in [0.15, 0.2) is 0 Å². The largest absolute Gasteiger partial charge is 0.355 e. The molecular weight excluding hydrogens is 404 g/mol. The van der Waals surface area contributed by atoms with Crippen molar-refractivity contribution in [1.82, 2.24) is 10.6 Å². The first-order chi connectivity index (χ1) is 15.1. The van der Waals surface area contributed by atoms with Crippen molar-refractivity contribution in [2.24, 2.45) is 23.7 Å². The van der Waals surface area contributed by atoms with Crippen LogP contribution in [0.25, 0.3) is 0 Å². The molecule has 1 aromatic carbocycles. The van der Waals surface area contributed by atoms with E-state index in [2.05, 4.69) is 10.6 Å². The summed E-state index contributed by atoms with van der Waals surface area (Å²) in [6.45, 7) is 0.799. The van der Waals surface area contributed by atoms with Crippen molar-refractivity contribution in [2.75, 3.05) is 12.3 Å². The summed E-state index contributed by atoms with van der Waals surface area (Å²) >= 11 is 1.49. The first-order valence-electron chi connectivity index (χ1n) is 12.4. The van der Waals surface area contributed by atoms with Gasteiger partial charge in [0.05, 0.1) is 11.3 Å². The van der Waals surface area contributed by atoms with E-state index < -0.39 is 0 Å². The Morgan fingerprint density at radius 1 is 0.935 bits per heavy atom. The minimum Gasteiger partial charge on any atom is -0.355 e. The molecule has 1 aromatic rings. The summed E-state index contributed by atoms with van der Waals surface area (Å²) in [4.78, 5) is 26.6. The monoisotopic (exact) mass is 440 g/mol. The standard InChI is InChI=1S/C26H36N2O2S/c29-24(27-16-18-6-2-1-3-7-18)17-31-23-9-5-4-8-22(23)25(30)28-26-13-19-10-20(14-26)12-21(11-19)15-26/h4-5,8-9,18-21H,1-3,6-7,10-17H2,(H,27,29)(H,28,30). The van der Waals surface area contributed by atoms with Crippen LogP contribution in [-0.4, -0.2) is 29.7 Å². The Morgan fingerprint density at radius 3 is 2.26 bits per heavy atom. The van der Waals surface area contributed by atoms with E-state index in [0.717, 1.165) is 54.0 Å². The number of hydrogen-bond acceptors (Lipinski definition) is 3. The average Bonchev–Trinajstić information content (AvgIpc) is 2.76. The lowest BCUT2D eigenvalue weighted by molar-refractivity contribution is -0.118. The van der Waals surface area contributed by atoms with Crippen molar-refractivity contribution in [3.05, 3.63) is 29.8 Å². The van der Waals surface area contributed by atoms with E-state index >= 15 is 0 Å². The second-order valence-electron chi connectivity index (χ2n) is 10.7. The van der Waals surface area contributed by atoms with Crippen LogP contribution in [0.15, 0.2) is 29.2 Å². The Balaban J connectivity index is 1.17. The summed E-state index contributed by atoms with van der Waals surface area (Å²) in [5, 5.41) is 6.60. The Labute approximate surface area is 190 Å². The second kappa shape index (κ2) is 9.17. The van der Waals surface area contributed by atoms with E-state index in [1.165, 1.54) is 63.1 Å². The van der Waals surface area contributed by atoms with Crippen LogP contribution in [0.3, 0.4) is 0 Å². The average molecular weight is 441 g/mol. The zero-order valence-electron chi connectivity index (χ0n) is 18.5. The zero-order chi connectivity index (χ0) is 21.3. The minimum atomic E-state index is 0.0149. The molecule has 0 spiro atoms. The van der Waals surface area contributed by atoms with Gasteiger partial charge in [0.1, 0.15) is 0 Å². The van der Waals surface area contributed by atoms with Crippen molar-refractivity contribution >= 4 is 23.6 Å². The molecule has 31 heavy (non-hydrogen) atoms. The third-order valence-corrected chi connectivity index (χ3v) is 9.29. The predicted octanol–water partition coefficient (Wildman–Crippen LogP) is 5.17. The highest BCUT2D eigenvalue weighted by Gasteiger charge is 2.51. The highest BCUT2D eigenvalue weighted by atomic mass is 32.2. The van der Waals surface area contributed by atoms with Gasteiger partial charge in [-0.25, -0.2) is 0 Å². The molecule has 2 amide bonds. The molecule has 5 aliphatic rings. The van der Waals surface area contributed by atoms with Gasteiger partial charge < -0.3 is 10.6 Å².